The molecule has 0 unspecified atom stereocenters. The summed E-state index contributed by atoms with van der Waals surface area (Å²) in [5.74, 6) is 0. The highest BCUT2D eigenvalue weighted by atomic mass is 35.5. The van der Waals surface area contributed by atoms with E-state index in [1.165, 1.54) is 5.54 Å². The van der Waals surface area contributed by atoms with Gasteiger partial charge in [0.25, 0.3) is 0 Å². The van der Waals surface area contributed by atoms with Crippen molar-refractivity contribution in [2.45, 2.75) is 13.8 Å². The fourth-order valence-corrected chi connectivity index (χ4v) is 0.505. The topological polar surface area (TPSA) is 0 Å². The van der Waals surface area contributed by atoms with Crippen molar-refractivity contribution < 1.29 is 0 Å². The summed E-state index contributed by atoms with van der Waals surface area (Å²) >= 11 is 10.9. The quantitative estimate of drug-likeness (QED) is 0.504. The molecule has 0 aromatic carbocycles. The fourth-order valence-electron chi connectivity index (χ4n) is 0.224. The molecule has 0 rings (SSSR count). The zero-order valence-electron chi connectivity index (χ0n) is 4.91. The van der Waals surface area contributed by atoms with Crippen LogP contribution in [0, 0.1) is 0 Å². The van der Waals surface area contributed by atoms with Crippen LogP contribution < -0.4 is 0 Å². The molecule has 0 aliphatic carbocycles. The van der Waals surface area contributed by atoms with Gasteiger partial charge in [-0.2, -0.15) is 0 Å². The Labute approximate surface area is 59.8 Å². The van der Waals surface area contributed by atoms with E-state index in [0.29, 0.717) is 5.03 Å². The molecule has 0 nitrogen and oxygen atoms in total. The van der Waals surface area contributed by atoms with Crippen LogP contribution in [-0.2, 0) is 0 Å². The highest BCUT2D eigenvalue weighted by Gasteiger charge is 1.89. The number of halogens is 2. The standard InChI is InChI=1S/C6H8Cl2/c1-3-5(2)6(8)4-7/h3-4H,1-2H3. The monoisotopic (exact) mass is 150 g/mol. The summed E-state index contributed by atoms with van der Waals surface area (Å²) in [6, 6.07) is 0. The van der Waals surface area contributed by atoms with E-state index in [1.807, 2.05) is 19.9 Å². The largest absolute Gasteiger partial charge is 0.0913 e. The van der Waals surface area contributed by atoms with Gasteiger partial charge in [-0.1, -0.05) is 29.3 Å². The average Bonchev–Trinajstić information content (AvgIpc) is 1.84. The van der Waals surface area contributed by atoms with Crippen molar-refractivity contribution in [1.29, 1.82) is 0 Å². The van der Waals surface area contributed by atoms with Crippen LogP contribution in [-0.4, -0.2) is 0 Å². The van der Waals surface area contributed by atoms with Gasteiger partial charge >= 0.3 is 0 Å². The van der Waals surface area contributed by atoms with Gasteiger partial charge in [0.05, 0.1) is 5.03 Å². The second-order valence-electron chi connectivity index (χ2n) is 1.43. The maximum absolute atomic E-state index is 5.58. The molecule has 0 heterocycles. The number of rotatable bonds is 1. The molecule has 0 aliphatic heterocycles. The van der Waals surface area contributed by atoms with E-state index in [4.69, 9.17) is 23.2 Å². The molecule has 8 heavy (non-hydrogen) atoms. The van der Waals surface area contributed by atoms with Crippen LogP contribution in [0.5, 0.6) is 0 Å². The number of hydrogen-bond donors (Lipinski definition) is 0. The molecular weight excluding hydrogens is 143 g/mol. The molecule has 0 saturated heterocycles. The van der Waals surface area contributed by atoms with E-state index in [9.17, 15) is 0 Å². The van der Waals surface area contributed by atoms with E-state index in [2.05, 4.69) is 0 Å². The fraction of sp³-hybridized carbons (Fsp3) is 0.333. The first kappa shape index (κ1) is 8.06. The Hall–Kier alpha value is 0.0600. The average molecular weight is 151 g/mol. The second-order valence-corrected chi connectivity index (χ2v) is 2.05. The molecule has 0 saturated carbocycles. The summed E-state index contributed by atoms with van der Waals surface area (Å²) < 4.78 is 0. The molecule has 0 atom stereocenters. The highest BCUT2D eigenvalue weighted by molar-refractivity contribution is 6.38. The SMILES string of the molecule is CC=C(C)C(Cl)=CCl. The molecule has 2 heteroatoms. The highest BCUT2D eigenvalue weighted by Crippen LogP contribution is 2.13. The third-order valence-corrected chi connectivity index (χ3v) is 1.64. The lowest BCUT2D eigenvalue weighted by atomic mass is 10.3. The van der Waals surface area contributed by atoms with E-state index in [-0.39, 0.29) is 0 Å². The lowest BCUT2D eigenvalue weighted by molar-refractivity contribution is 1.46. The van der Waals surface area contributed by atoms with Crippen molar-refractivity contribution >= 4 is 23.2 Å². The maximum atomic E-state index is 5.58. The van der Waals surface area contributed by atoms with Gasteiger partial charge in [0, 0.05) is 5.54 Å². The van der Waals surface area contributed by atoms with Crippen LogP contribution in [0.2, 0.25) is 0 Å². The van der Waals surface area contributed by atoms with Crippen LogP contribution in [0.3, 0.4) is 0 Å². The molecule has 0 amide bonds. The van der Waals surface area contributed by atoms with Gasteiger partial charge in [-0.05, 0) is 19.4 Å². The Morgan fingerprint density at radius 3 is 2.12 bits per heavy atom. The van der Waals surface area contributed by atoms with Crippen LogP contribution in [0.1, 0.15) is 13.8 Å². The number of allylic oxidation sites excluding steroid dienone is 3. The van der Waals surface area contributed by atoms with Gasteiger partial charge in [-0.3, -0.25) is 0 Å². The zero-order valence-corrected chi connectivity index (χ0v) is 6.42. The summed E-state index contributed by atoms with van der Waals surface area (Å²) in [6.45, 7) is 3.82. The van der Waals surface area contributed by atoms with Crippen LogP contribution in [0.15, 0.2) is 22.2 Å². The molecule has 0 spiro atoms. The predicted octanol–water partition coefficient (Wildman–Crippen LogP) is 3.27. The Balaban J connectivity index is 4.04. The van der Waals surface area contributed by atoms with Crippen molar-refractivity contribution in [2.24, 2.45) is 0 Å². The van der Waals surface area contributed by atoms with E-state index in [0.717, 1.165) is 5.57 Å². The first-order chi connectivity index (χ1) is 3.72. The van der Waals surface area contributed by atoms with Crippen molar-refractivity contribution in [3.8, 4) is 0 Å². The molecule has 0 fully saturated rings. The van der Waals surface area contributed by atoms with E-state index >= 15 is 0 Å². The minimum atomic E-state index is 0.606. The summed E-state index contributed by atoms with van der Waals surface area (Å²) in [5, 5.41) is 0.606. The molecule has 46 valence electrons. The number of hydrogen-bond acceptors (Lipinski definition) is 0. The molecule has 0 N–H and O–H groups in total. The molecule has 0 aromatic heterocycles. The lowest BCUT2D eigenvalue weighted by Crippen LogP contribution is -1.69. The van der Waals surface area contributed by atoms with Gasteiger partial charge in [0.1, 0.15) is 0 Å². The lowest BCUT2D eigenvalue weighted by Gasteiger charge is -1.91. The van der Waals surface area contributed by atoms with Gasteiger partial charge in [-0.25, -0.2) is 0 Å². The Kier molecular flexibility index (Phi) is 4.02. The van der Waals surface area contributed by atoms with Crippen molar-refractivity contribution in [1.82, 2.24) is 0 Å². The van der Waals surface area contributed by atoms with Gasteiger partial charge < -0.3 is 0 Å². The van der Waals surface area contributed by atoms with E-state index < -0.39 is 0 Å². The predicted molar refractivity (Wildman–Crippen MR) is 39.2 cm³/mol. The van der Waals surface area contributed by atoms with Crippen LogP contribution >= 0.6 is 23.2 Å². The van der Waals surface area contributed by atoms with Crippen molar-refractivity contribution in [3.05, 3.63) is 22.2 Å². The maximum Gasteiger partial charge on any atom is 0.0544 e. The Bertz CT molecular complexity index is 106. The molecule has 0 aromatic rings. The minimum Gasteiger partial charge on any atom is -0.0913 e. The van der Waals surface area contributed by atoms with Gasteiger partial charge in [0.2, 0.25) is 0 Å². The van der Waals surface area contributed by atoms with Crippen molar-refractivity contribution in [2.75, 3.05) is 0 Å². The normalized spacial score (nSPS) is 14.5. The second kappa shape index (κ2) is 3.99. The third-order valence-electron chi connectivity index (χ3n) is 0.906. The Morgan fingerprint density at radius 2 is 2.00 bits per heavy atom. The zero-order chi connectivity index (χ0) is 6.57. The molecule has 0 radical (unpaired) electrons. The van der Waals surface area contributed by atoms with E-state index in [1.54, 1.807) is 0 Å². The van der Waals surface area contributed by atoms with Gasteiger partial charge in [0.15, 0.2) is 0 Å². The minimum absolute atomic E-state index is 0.606. The first-order valence-electron chi connectivity index (χ1n) is 2.31. The van der Waals surface area contributed by atoms with Crippen LogP contribution in [0.4, 0.5) is 0 Å². The summed E-state index contributed by atoms with van der Waals surface area (Å²) in [7, 11) is 0. The van der Waals surface area contributed by atoms with Crippen molar-refractivity contribution in [3.63, 3.8) is 0 Å². The van der Waals surface area contributed by atoms with Gasteiger partial charge in [-0.15, -0.1) is 0 Å². The Morgan fingerprint density at radius 1 is 1.50 bits per heavy atom. The molecule has 0 bridgehead atoms. The summed E-state index contributed by atoms with van der Waals surface area (Å²) in [6.07, 6.45) is 1.90. The van der Waals surface area contributed by atoms with Crippen LogP contribution in [0.25, 0.3) is 0 Å². The summed E-state index contributed by atoms with van der Waals surface area (Å²) in [5.41, 5.74) is 2.36. The third kappa shape index (κ3) is 2.39. The summed E-state index contributed by atoms with van der Waals surface area (Å²) in [4.78, 5) is 0. The first-order valence-corrected chi connectivity index (χ1v) is 3.13. The molecular formula is C6H8Cl2. The molecule has 0 aliphatic rings. The smallest absolute Gasteiger partial charge is 0.0544 e.